The van der Waals surface area contributed by atoms with Crippen LogP contribution in [0.2, 0.25) is 0 Å². The van der Waals surface area contributed by atoms with E-state index >= 15 is 0 Å². The van der Waals surface area contributed by atoms with Gasteiger partial charge in [0.05, 0.1) is 28.4 Å². The van der Waals surface area contributed by atoms with Crippen molar-refractivity contribution in [1.82, 2.24) is 9.97 Å². The van der Waals surface area contributed by atoms with E-state index in [1.165, 1.54) is 0 Å². The summed E-state index contributed by atoms with van der Waals surface area (Å²) in [5.74, 6) is 0.320. The van der Waals surface area contributed by atoms with Crippen LogP contribution in [0.5, 0.6) is 0 Å². The molecule has 8 rings (SSSR count). The monoisotopic (exact) mass is 566 g/mol. The van der Waals surface area contributed by atoms with Crippen LogP contribution < -0.4 is 9.80 Å². The van der Waals surface area contributed by atoms with Gasteiger partial charge in [0.25, 0.3) is 0 Å². The van der Waals surface area contributed by atoms with Gasteiger partial charge < -0.3 is 4.90 Å². The number of anilines is 4. The molecule has 0 unspecified atom stereocenters. The highest BCUT2D eigenvalue weighted by Gasteiger charge is 2.40. The Bertz CT molecular complexity index is 2050. The predicted molar refractivity (Wildman–Crippen MR) is 178 cm³/mol. The first-order valence-corrected chi connectivity index (χ1v) is 14.4. The second-order valence-electron chi connectivity index (χ2n) is 10.7. The van der Waals surface area contributed by atoms with Crippen molar-refractivity contribution in [2.45, 2.75) is 0 Å². The van der Waals surface area contributed by atoms with Crippen molar-refractivity contribution in [3.05, 3.63) is 163 Å². The quantitative estimate of drug-likeness (QED) is 0.223. The van der Waals surface area contributed by atoms with Crippen LogP contribution in [-0.2, 0) is 0 Å². The lowest BCUT2D eigenvalue weighted by Gasteiger charge is -2.24. The van der Waals surface area contributed by atoms with Crippen molar-refractivity contribution in [2.24, 2.45) is 0 Å². The summed E-state index contributed by atoms with van der Waals surface area (Å²) >= 11 is 0. The molecule has 2 aliphatic heterocycles. The maximum atomic E-state index is 9.77. The van der Waals surface area contributed by atoms with E-state index in [9.17, 15) is 10.8 Å². The Kier molecular flexibility index (Phi) is 5.98. The number of nitrogens with one attached hydrogen (secondary N) is 2. The van der Waals surface area contributed by atoms with Crippen molar-refractivity contribution < 1.29 is 0 Å². The molecular weight excluding hydrogens is 540 g/mol. The lowest BCUT2D eigenvalue weighted by molar-refractivity contribution is 1.27. The average molecular weight is 567 g/mol. The molecular formula is C38H26N6. The van der Waals surface area contributed by atoms with E-state index in [0.29, 0.717) is 17.2 Å². The van der Waals surface area contributed by atoms with Crippen molar-refractivity contribution in [1.29, 1.82) is 10.8 Å². The van der Waals surface area contributed by atoms with E-state index in [1.807, 2.05) is 96.2 Å². The Balaban J connectivity index is 1.36. The molecule has 0 atom stereocenters. The molecule has 4 aromatic carbocycles. The molecule has 6 heteroatoms. The van der Waals surface area contributed by atoms with Gasteiger partial charge in [0.2, 0.25) is 0 Å². The zero-order valence-electron chi connectivity index (χ0n) is 23.6. The third kappa shape index (κ3) is 4.04. The van der Waals surface area contributed by atoms with Crippen LogP contribution in [0.1, 0.15) is 11.1 Å². The number of para-hydroxylation sites is 3. The number of hydrogen-bond acceptors (Lipinski definition) is 5. The number of hydrogen-bond donors (Lipinski definition) is 2. The number of nitrogens with zero attached hydrogens (tertiary/aromatic N) is 4. The first-order chi connectivity index (χ1) is 21.7. The van der Waals surface area contributed by atoms with Crippen LogP contribution >= 0.6 is 0 Å². The third-order valence-electron chi connectivity index (χ3n) is 8.17. The van der Waals surface area contributed by atoms with Crippen LogP contribution in [0.3, 0.4) is 0 Å². The molecule has 0 aliphatic carbocycles. The lowest BCUT2D eigenvalue weighted by atomic mass is 9.99. The number of aromatic nitrogens is 2. The Morgan fingerprint density at radius 2 is 1.05 bits per heavy atom. The summed E-state index contributed by atoms with van der Waals surface area (Å²) in [7, 11) is 0. The van der Waals surface area contributed by atoms with Crippen molar-refractivity contribution in [2.75, 3.05) is 9.80 Å². The lowest BCUT2D eigenvalue weighted by Crippen LogP contribution is -2.24. The Morgan fingerprint density at radius 3 is 1.66 bits per heavy atom. The Hall–Kier alpha value is -6.14. The standard InChI is InChI=1S/C38H26N6/c39-36-32-15-5-7-17-34(32)43(29-12-2-1-3-13-29)37(36)35-31-14-4-6-16-33(31)44(38(35)40)30-21-27(25-10-8-18-41-23-25)20-28(22-30)26-11-9-19-42-24-26/h1-24,39-40H/b37-35+,39-36?,40-38?. The van der Waals surface area contributed by atoms with Gasteiger partial charge >= 0.3 is 0 Å². The Labute approximate surface area is 255 Å². The highest BCUT2D eigenvalue weighted by molar-refractivity contribution is 6.43. The minimum Gasteiger partial charge on any atom is -0.307 e. The van der Waals surface area contributed by atoms with Gasteiger partial charge in [-0.25, -0.2) is 0 Å². The van der Waals surface area contributed by atoms with Crippen molar-refractivity contribution in [3.63, 3.8) is 0 Å². The maximum Gasteiger partial charge on any atom is 0.140 e. The Morgan fingerprint density at radius 1 is 0.477 bits per heavy atom. The molecule has 208 valence electrons. The smallest absolute Gasteiger partial charge is 0.140 e. The molecule has 4 heterocycles. The molecule has 0 saturated heterocycles. The van der Waals surface area contributed by atoms with E-state index in [1.54, 1.807) is 12.4 Å². The number of benzene rings is 4. The fraction of sp³-hybridized carbons (Fsp3) is 0. The number of allylic oxidation sites excluding steroid dienone is 1. The summed E-state index contributed by atoms with van der Waals surface area (Å²) in [5, 5.41) is 19.2. The van der Waals surface area contributed by atoms with E-state index in [-0.39, 0.29) is 0 Å². The van der Waals surface area contributed by atoms with Gasteiger partial charge in [-0.3, -0.25) is 25.7 Å². The fourth-order valence-corrected chi connectivity index (χ4v) is 6.21. The van der Waals surface area contributed by atoms with Crippen LogP contribution in [0.15, 0.2) is 152 Å². The number of rotatable bonds is 4. The van der Waals surface area contributed by atoms with Gasteiger partial charge in [0, 0.05) is 58.4 Å². The molecule has 2 N–H and O–H groups in total. The van der Waals surface area contributed by atoms with Crippen molar-refractivity contribution >= 4 is 39.9 Å². The molecule has 6 aromatic rings. The van der Waals surface area contributed by atoms with Gasteiger partial charge in [-0.15, -0.1) is 0 Å². The summed E-state index contributed by atoms with van der Waals surface area (Å²) in [6.45, 7) is 0. The van der Waals surface area contributed by atoms with Crippen LogP contribution in [-0.4, -0.2) is 21.5 Å². The van der Waals surface area contributed by atoms with E-state index in [0.717, 1.165) is 61.7 Å². The molecule has 6 nitrogen and oxygen atoms in total. The predicted octanol–water partition coefficient (Wildman–Crippen LogP) is 8.87. The zero-order valence-corrected chi connectivity index (χ0v) is 23.6. The molecule has 2 aromatic heterocycles. The fourth-order valence-electron chi connectivity index (χ4n) is 6.21. The minimum absolute atomic E-state index is 0.320. The van der Waals surface area contributed by atoms with E-state index in [4.69, 9.17) is 0 Å². The molecule has 0 fully saturated rings. The van der Waals surface area contributed by atoms with E-state index < -0.39 is 0 Å². The molecule has 0 radical (unpaired) electrons. The molecule has 44 heavy (non-hydrogen) atoms. The second kappa shape index (κ2) is 10.3. The SMILES string of the molecule is N=C1/C(=C2\C(=N)N(c3cc(-c4cccnc4)cc(-c4cccnc4)c3)c3ccccc32)N(c2ccccc2)c2ccccc21. The maximum absolute atomic E-state index is 9.77. The van der Waals surface area contributed by atoms with Crippen LogP contribution in [0.25, 0.3) is 27.8 Å². The normalized spacial score (nSPS) is 15.5. The van der Waals surface area contributed by atoms with Gasteiger partial charge in [-0.2, -0.15) is 0 Å². The summed E-state index contributed by atoms with van der Waals surface area (Å²) < 4.78 is 0. The van der Waals surface area contributed by atoms with Gasteiger partial charge in [-0.1, -0.05) is 66.7 Å². The minimum atomic E-state index is 0.320. The van der Waals surface area contributed by atoms with Gasteiger partial charge in [0.1, 0.15) is 5.84 Å². The number of fused-ring (bicyclic) bond motifs is 2. The number of pyridine rings is 2. The largest absolute Gasteiger partial charge is 0.307 e. The third-order valence-corrected chi connectivity index (χ3v) is 8.17. The summed E-state index contributed by atoms with van der Waals surface area (Å²) in [5.41, 5.74) is 11.2. The van der Waals surface area contributed by atoms with E-state index in [2.05, 4.69) is 57.3 Å². The molecule has 0 saturated carbocycles. The molecule has 2 aliphatic rings. The summed E-state index contributed by atoms with van der Waals surface area (Å²) in [6, 6.07) is 40.5. The molecule has 0 spiro atoms. The topological polar surface area (TPSA) is 80.0 Å². The van der Waals surface area contributed by atoms with Gasteiger partial charge in [0.15, 0.2) is 0 Å². The van der Waals surface area contributed by atoms with Crippen LogP contribution in [0, 0.1) is 10.8 Å². The highest BCUT2D eigenvalue weighted by Crippen LogP contribution is 2.49. The average Bonchev–Trinajstić information content (AvgIpc) is 3.55. The van der Waals surface area contributed by atoms with Crippen molar-refractivity contribution in [3.8, 4) is 22.3 Å². The summed E-state index contributed by atoms with van der Waals surface area (Å²) in [6.07, 6.45) is 7.26. The first-order valence-electron chi connectivity index (χ1n) is 14.4. The number of amidine groups is 1. The van der Waals surface area contributed by atoms with Crippen LogP contribution in [0.4, 0.5) is 22.7 Å². The summed E-state index contributed by atoms with van der Waals surface area (Å²) in [4.78, 5) is 12.8. The first kappa shape index (κ1) is 25.6. The zero-order chi connectivity index (χ0) is 29.6. The highest BCUT2D eigenvalue weighted by atomic mass is 15.2. The molecule has 0 bridgehead atoms. The second-order valence-corrected chi connectivity index (χ2v) is 10.7. The molecule has 0 amide bonds. The van der Waals surface area contributed by atoms with Gasteiger partial charge in [-0.05, 0) is 65.7 Å².